The molecule has 0 N–H and O–H groups in total. The minimum Gasteiger partial charge on any atom is -0.292 e. The molecule has 1 aliphatic heterocycles. The Kier molecular flexibility index (Phi) is 3.86. The monoisotopic (exact) mass is 365 g/mol. The molecule has 0 saturated heterocycles. The fraction of sp³-hybridized carbons (Fsp3) is 0.188. The van der Waals surface area contributed by atoms with E-state index >= 15 is 0 Å². The molecule has 126 valence electrons. The summed E-state index contributed by atoms with van der Waals surface area (Å²) < 4.78 is 50.9. The summed E-state index contributed by atoms with van der Waals surface area (Å²) in [7, 11) is -4.91. The number of fused-ring (bicyclic) bond motifs is 1. The zero-order valence-corrected chi connectivity index (χ0v) is 14.6. The topological polar surface area (TPSA) is 88.6 Å². The molecule has 3 rings (SSSR count). The van der Waals surface area contributed by atoms with Gasteiger partial charge in [0.2, 0.25) is 10.0 Å². The first-order valence-corrected chi connectivity index (χ1v) is 10.1. The second-order valence-corrected chi connectivity index (χ2v) is 9.80. The standard InChI is InChI=1S/C16H15NO5S2/c1-17(2)24(21,22)12-8-9-14-13(10-12)15(18)16(23(14,19)20)11-6-4-3-5-7-11/h3-10,16H,1-2H3/t16-/m0/s1. The van der Waals surface area contributed by atoms with Crippen LogP contribution in [-0.4, -0.2) is 41.0 Å². The first kappa shape index (κ1) is 16.8. The molecule has 1 atom stereocenters. The number of sulfonamides is 1. The molecule has 0 saturated carbocycles. The number of rotatable bonds is 3. The lowest BCUT2D eigenvalue weighted by Gasteiger charge is -2.11. The number of sulfone groups is 1. The molecule has 0 spiro atoms. The molecule has 8 heteroatoms. The van der Waals surface area contributed by atoms with E-state index in [0.29, 0.717) is 5.56 Å². The normalized spacial score (nSPS) is 19.5. The summed E-state index contributed by atoms with van der Waals surface area (Å²) in [5.74, 6) is -0.605. The van der Waals surface area contributed by atoms with Crippen LogP contribution in [0, 0.1) is 0 Å². The first-order chi connectivity index (χ1) is 11.2. The van der Waals surface area contributed by atoms with Gasteiger partial charge in [0.15, 0.2) is 20.9 Å². The second-order valence-electron chi connectivity index (χ2n) is 5.65. The van der Waals surface area contributed by atoms with Crippen LogP contribution in [0.1, 0.15) is 21.2 Å². The molecule has 0 unspecified atom stereocenters. The predicted molar refractivity (Wildman–Crippen MR) is 88.0 cm³/mol. The van der Waals surface area contributed by atoms with Gasteiger partial charge in [0.1, 0.15) is 0 Å². The zero-order valence-electron chi connectivity index (χ0n) is 13.0. The Labute approximate surface area is 140 Å². The van der Waals surface area contributed by atoms with Crippen molar-refractivity contribution < 1.29 is 21.6 Å². The van der Waals surface area contributed by atoms with Crippen LogP contribution in [0.25, 0.3) is 0 Å². The Hall–Kier alpha value is -2.03. The number of Topliss-reactive ketones (excluding diaryl/α,β-unsaturated/α-hetero) is 1. The molecule has 6 nitrogen and oxygen atoms in total. The van der Waals surface area contributed by atoms with Gasteiger partial charge < -0.3 is 0 Å². The van der Waals surface area contributed by atoms with Gasteiger partial charge in [-0.15, -0.1) is 0 Å². The average Bonchev–Trinajstić information content (AvgIpc) is 2.74. The van der Waals surface area contributed by atoms with Gasteiger partial charge in [-0.1, -0.05) is 30.3 Å². The van der Waals surface area contributed by atoms with Crippen LogP contribution in [0.4, 0.5) is 0 Å². The number of carbonyl (C=O) groups is 1. The Bertz CT molecular complexity index is 1030. The second kappa shape index (κ2) is 5.51. The van der Waals surface area contributed by atoms with Gasteiger partial charge in [-0.3, -0.25) is 4.79 Å². The van der Waals surface area contributed by atoms with Crippen LogP contribution in [0.2, 0.25) is 0 Å². The Morgan fingerprint density at radius 1 is 1.00 bits per heavy atom. The first-order valence-electron chi connectivity index (χ1n) is 7.07. The molecule has 0 fully saturated rings. The lowest BCUT2D eigenvalue weighted by Crippen LogP contribution is -2.22. The quantitative estimate of drug-likeness (QED) is 0.825. The van der Waals surface area contributed by atoms with Gasteiger partial charge in [0.25, 0.3) is 0 Å². The maximum Gasteiger partial charge on any atom is 0.242 e. The number of ketones is 1. The number of hydrogen-bond donors (Lipinski definition) is 0. The number of benzene rings is 2. The minimum atomic E-state index is -3.89. The predicted octanol–water partition coefficient (Wildman–Crippen LogP) is 1.65. The third kappa shape index (κ3) is 2.38. The van der Waals surface area contributed by atoms with Gasteiger partial charge in [-0.2, -0.15) is 0 Å². The summed E-state index contributed by atoms with van der Waals surface area (Å²) in [4.78, 5) is 12.4. The summed E-state index contributed by atoms with van der Waals surface area (Å²) in [5.41, 5.74) is 0.294. The molecule has 24 heavy (non-hydrogen) atoms. The third-order valence-electron chi connectivity index (χ3n) is 3.95. The highest BCUT2D eigenvalue weighted by molar-refractivity contribution is 7.93. The van der Waals surface area contributed by atoms with E-state index in [2.05, 4.69) is 0 Å². The van der Waals surface area contributed by atoms with Crippen LogP contribution < -0.4 is 0 Å². The highest BCUT2D eigenvalue weighted by atomic mass is 32.2. The molecule has 0 aliphatic carbocycles. The maximum absolute atomic E-state index is 12.7. The van der Waals surface area contributed by atoms with E-state index in [0.717, 1.165) is 10.4 Å². The van der Waals surface area contributed by atoms with Crippen molar-refractivity contribution in [2.45, 2.75) is 15.0 Å². The molecule has 0 radical (unpaired) electrons. The third-order valence-corrected chi connectivity index (χ3v) is 7.84. The number of nitrogens with zero attached hydrogens (tertiary/aromatic N) is 1. The lowest BCUT2D eigenvalue weighted by molar-refractivity contribution is 0.0990. The van der Waals surface area contributed by atoms with Gasteiger partial charge in [0.05, 0.1) is 9.79 Å². The van der Waals surface area contributed by atoms with Crippen LogP contribution in [0.15, 0.2) is 58.3 Å². The molecular formula is C16H15NO5S2. The molecule has 0 bridgehead atoms. The Morgan fingerprint density at radius 2 is 1.62 bits per heavy atom. The van der Waals surface area contributed by atoms with Crippen molar-refractivity contribution in [1.82, 2.24) is 4.31 Å². The molecule has 0 amide bonds. The summed E-state index contributed by atoms with van der Waals surface area (Å²) >= 11 is 0. The van der Waals surface area contributed by atoms with E-state index in [1.54, 1.807) is 30.3 Å². The fourth-order valence-corrected chi connectivity index (χ4v) is 5.52. The van der Waals surface area contributed by atoms with Gasteiger partial charge in [-0.05, 0) is 23.8 Å². The van der Waals surface area contributed by atoms with Crippen LogP contribution in [0.3, 0.4) is 0 Å². The van der Waals surface area contributed by atoms with Crippen molar-refractivity contribution in [2.24, 2.45) is 0 Å². The summed E-state index contributed by atoms with van der Waals surface area (Å²) in [5, 5.41) is -1.33. The molecule has 1 aliphatic rings. The molecule has 2 aromatic rings. The van der Waals surface area contributed by atoms with Gasteiger partial charge in [-0.25, -0.2) is 21.1 Å². The van der Waals surface area contributed by atoms with Crippen LogP contribution >= 0.6 is 0 Å². The highest BCUT2D eigenvalue weighted by Crippen LogP contribution is 2.41. The van der Waals surface area contributed by atoms with Crippen LogP contribution in [0.5, 0.6) is 0 Å². The van der Waals surface area contributed by atoms with Crippen molar-refractivity contribution >= 4 is 25.6 Å². The molecule has 0 aromatic heterocycles. The SMILES string of the molecule is CN(C)S(=O)(=O)c1ccc2c(c1)C(=O)[C@H](c1ccccc1)S2(=O)=O. The number of hydrogen-bond acceptors (Lipinski definition) is 5. The minimum absolute atomic E-state index is 0.0771. The molecule has 2 aromatic carbocycles. The Balaban J connectivity index is 2.20. The van der Waals surface area contributed by atoms with E-state index in [4.69, 9.17) is 0 Å². The van der Waals surface area contributed by atoms with Gasteiger partial charge in [0, 0.05) is 19.7 Å². The van der Waals surface area contributed by atoms with E-state index in [1.807, 2.05) is 0 Å². The van der Waals surface area contributed by atoms with E-state index < -0.39 is 30.9 Å². The smallest absolute Gasteiger partial charge is 0.242 e. The van der Waals surface area contributed by atoms with E-state index in [1.165, 1.54) is 26.2 Å². The van der Waals surface area contributed by atoms with Crippen molar-refractivity contribution in [3.05, 3.63) is 59.7 Å². The average molecular weight is 365 g/mol. The largest absolute Gasteiger partial charge is 0.292 e. The lowest BCUT2D eigenvalue weighted by atomic mass is 10.0. The molecule has 1 heterocycles. The summed E-state index contributed by atoms with van der Waals surface area (Å²) in [6.07, 6.45) is 0. The van der Waals surface area contributed by atoms with Crippen molar-refractivity contribution in [1.29, 1.82) is 0 Å². The maximum atomic E-state index is 12.7. The zero-order chi connectivity index (χ0) is 17.7. The van der Waals surface area contributed by atoms with Crippen molar-refractivity contribution in [3.8, 4) is 0 Å². The molecular weight excluding hydrogens is 350 g/mol. The fourth-order valence-electron chi connectivity index (χ4n) is 2.69. The van der Waals surface area contributed by atoms with Crippen molar-refractivity contribution in [2.75, 3.05) is 14.1 Å². The summed E-state index contributed by atoms with van der Waals surface area (Å²) in [6, 6.07) is 11.7. The highest BCUT2D eigenvalue weighted by Gasteiger charge is 2.45. The van der Waals surface area contributed by atoms with Crippen LogP contribution in [-0.2, 0) is 19.9 Å². The van der Waals surface area contributed by atoms with Crippen molar-refractivity contribution in [3.63, 3.8) is 0 Å². The van der Waals surface area contributed by atoms with Gasteiger partial charge >= 0.3 is 0 Å². The van der Waals surface area contributed by atoms with E-state index in [9.17, 15) is 21.6 Å². The number of carbonyl (C=O) groups excluding carboxylic acids is 1. The Morgan fingerprint density at radius 3 is 2.21 bits per heavy atom. The van der Waals surface area contributed by atoms with E-state index in [-0.39, 0.29) is 15.4 Å². The summed E-state index contributed by atoms with van der Waals surface area (Å²) in [6.45, 7) is 0.